The summed E-state index contributed by atoms with van der Waals surface area (Å²) in [6, 6.07) is 0. The topological polar surface area (TPSA) is 46.5 Å². The van der Waals surface area contributed by atoms with Crippen LogP contribution in [-0.2, 0) is 9.68 Å². The fraction of sp³-hybridized carbons (Fsp3) is 0.864. The molecule has 0 bridgehead atoms. The lowest BCUT2D eigenvalue weighted by Gasteiger charge is -2.01. The lowest BCUT2D eigenvalue weighted by atomic mass is 10.1. The molecule has 3 heteroatoms. The van der Waals surface area contributed by atoms with Gasteiger partial charge in [0.1, 0.15) is 0 Å². The van der Waals surface area contributed by atoms with E-state index in [1.165, 1.54) is 96.3 Å². The molecule has 0 fully saturated rings. The zero-order valence-electron chi connectivity index (χ0n) is 16.6. The molecule has 25 heavy (non-hydrogen) atoms. The number of unbranched alkanes of at least 4 members (excludes halogenated alkanes) is 15. The fourth-order valence-corrected chi connectivity index (χ4v) is 3.09. The van der Waals surface area contributed by atoms with Crippen molar-refractivity contribution < 1.29 is 14.9 Å². The van der Waals surface area contributed by atoms with Gasteiger partial charge in [-0.2, -0.15) is 5.26 Å². The maximum absolute atomic E-state index is 10.7. The van der Waals surface area contributed by atoms with Gasteiger partial charge in [0.05, 0.1) is 0 Å². The molecule has 0 aromatic heterocycles. The Kier molecular flexibility index (Phi) is 20.5. The van der Waals surface area contributed by atoms with Crippen LogP contribution in [0.5, 0.6) is 0 Å². The highest BCUT2D eigenvalue weighted by Gasteiger charge is 2.00. The predicted octanol–water partition coefficient (Wildman–Crippen LogP) is 7.60. The van der Waals surface area contributed by atoms with Gasteiger partial charge in [-0.05, 0) is 32.1 Å². The number of rotatable bonds is 19. The minimum absolute atomic E-state index is 0.336. The molecule has 0 aliphatic rings. The number of allylic oxidation sites excluding steroid dienone is 2. The average Bonchev–Trinajstić information content (AvgIpc) is 2.63. The Morgan fingerprint density at radius 3 is 1.52 bits per heavy atom. The van der Waals surface area contributed by atoms with E-state index in [9.17, 15) is 4.79 Å². The highest BCUT2D eigenvalue weighted by atomic mass is 17.1. The Morgan fingerprint density at radius 2 is 1.08 bits per heavy atom. The van der Waals surface area contributed by atoms with Crippen LogP contribution < -0.4 is 0 Å². The van der Waals surface area contributed by atoms with Crippen molar-refractivity contribution in [3.05, 3.63) is 12.2 Å². The van der Waals surface area contributed by atoms with Crippen molar-refractivity contribution in [2.45, 2.75) is 122 Å². The summed E-state index contributed by atoms with van der Waals surface area (Å²) in [5, 5.41) is 8.13. The maximum Gasteiger partial charge on any atom is 0.342 e. The van der Waals surface area contributed by atoms with Crippen molar-refractivity contribution in [1.82, 2.24) is 0 Å². The number of carbonyl (C=O) groups excluding carboxylic acids is 1. The summed E-state index contributed by atoms with van der Waals surface area (Å²) in [6.45, 7) is 2.27. The zero-order valence-corrected chi connectivity index (χ0v) is 16.6. The van der Waals surface area contributed by atoms with E-state index < -0.39 is 5.97 Å². The maximum atomic E-state index is 10.7. The van der Waals surface area contributed by atoms with E-state index in [2.05, 4.69) is 24.0 Å². The van der Waals surface area contributed by atoms with Crippen molar-refractivity contribution in [2.24, 2.45) is 0 Å². The van der Waals surface area contributed by atoms with Gasteiger partial charge in [-0.1, -0.05) is 96.1 Å². The van der Waals surface area contributed by atoms with Crippen molar-refractivity contribution in [3.63, 3.8) is 0 Å². The molecular weight excluding hydrogens is 312 g/mol. The summed E-state index contributed by atoms with van der Waals surface area (Å²) < 4.78 is 0. The average molecular weight is 355 g/mol. The second kappa shape index (κ2) is 21.2. The lowest BCUT2D eigenvalue weighted by molar-refractivity contribution is -0.234. The van der Waals surface area contributed by atoms with Crippen LogP contribution in [0.25, 0.3) is 0 Å². The molecule has 0 saturated carbocycles. The lowest BCUT2D eigenvalue weighted by Crippen LogP contribution is -1.99. The van der Waals surface area contributed by atoms with Crippen molar-refractivity contribution >= 4 is 5.97 Å². The third-order valence-electron chi connectivity index (χ3n) is 4.74. The first kappa shape index (κ1) is 24.2. The summed E-state index contributed by atoms with van der Waals surface area (Å²) in [7, 11) is 0. The van der Waals surface area contributed by atoms with E-state index in [0.29, 0.717) is 6.42 Å². The summed E-state index contributed by atoms with van der Waals surface area (Å²) in [4.78, 5) is 14.4. The predicted molar refractivity (Wildman–Crippen MR) is 107 cm³/mol. The van der Waals surface area contributed by atoms with Crippen LogP contribution in [0.3, 0.4) is 0 Å². The van der Waals surface area contributed by atoms with Crippen LogP contribution in [0.15, 0.2) is 12.2 Å². The highest BCUT2D eigenvalue weighted by Crippen LogP contribution is 2.12. The first-order valence-electron chi connectivity index (χ1n) is 10.8. The molecule has 0 heterocycles. The van der Waals surface area contributed by atoms with Crippen LogP contribution >= 0.6 is 0 Å². The number of hydrogen-bond donors (Lipinski definition) is 1. The van der Waals surface area contributed by atoms with Gasteiger partial charge in [-0.25, -0.2) is 4.79 Å². The van der Waals surface area contributed by atoms with Crippen LogP contribution in [0, 0.1) is 0 Å². The van der Waals surface area contributed by atoms with Crippen molar-refractivity contribution in [3.8, 4) is 0 Å². The summed E-state index contributed by atoms with van der Waals surface area (Å²) in [6.07, 6.45) is 26.9. The van der Waals surface area contributed by atoms with Crippen LogP contribution in [0.4, 0.5) is 0 Å². The highest BCUT2D eigenvalue weighted by molar-refractivity contribution is 5.68. The Morgan fingerprint density at radius 1 is 0.680 bits per heavy atom. The normalized spacial score (nSPS) is 11.3. The molecule has 148 valence electrons. The molecule has 0 radical (unpaired) electrons. The Bertz CT molecular complexity index is 300. The summed E-state index contributed by atoms with van der Waals surface area (Å²) in [5.41, 5.74) is 0. The second-order valence-electron chi connectivity index (χ2n) is 7.21. The minimum atomic E-state index is -0.513. The van der Waals surface area contributed by atoms with E-state index in [1.54, 1.807) is 0 Å². The Balaban J connectivity index is 3.08. The van der Waals surface area contributed by atoms with E-state index in [0.717, 1.165) is 12.8 Å². The molecule has 0 rings (SSSR count). The number of hydrogen-bond acceptors (Lipinski definition) is 3. The van der Waals surface area contributed by atoms with Gasteiger partial charge in [0, 0.05) is 6.42 Å². The first-order chi connectivity index (χ1) is 12.3. The van der Waals surface area contributed by atoms with E-state index >= 15 is 0 Å². The van der Waals surface area contributed by atoms with Gasteiger partial charge < -0.3 is 4.89 Å². The van der Waals surface area contributed by atoms with E-state index in [1.807, 2.05) is 0 Å². The molecular formula is C22H42O3. The molecule has 3 nitrogen and oxygen atoms in total. The molecule has 0 amide bonds. The van der Waals surface area contributed by atoms with Crippen LogP contribution in [0.2, 0.25) is 0 Å². The van der Waals surface area contributed by atoms with Crippen molar-refractivity contribution in [2.75, 3.05) is 0 Å². The molecule has 0 aromatic rings. The molecule has 0 saturated heterocycles. The van der Waals surface area contributed by atoms with Gasteiger partial charge >= 0.3 is 5.97 Å². The van der Waals surface area contributed by atoms with Crippen LogP contribution in [-0.4, -0.2) is 11.2 Å². The molecule has 0 aliphatic carbocycles. The molecule has 0 unspecified atom stereocenters. The van der Waals surface area contributed by atoms with Gasteiger partial charge in [-0.3, -0.25) is 0 Å². The zero-order chi connectivity index (χ0) is 18.4. The van der Waals surface area contributed by atoms with Gasteiger partial charge in [0.25, 0.3) is 0 Å². The minimum Gasteiger partial charge on any atom is -0.301 e. The number of carbonyl (C=O) groups is 1. The summed E-state index contributed by atoms with van der Waals surface area (Å²) >= 11 is 0. The van der Waals surface area contributed by atoms with E-state index in [-0.39, 0.29) is 0 Å². The first-order valence-corrected chi connectivity index (χ1v) is 10.8. The molecule has 1 N–H and O–H groups in total. The standard InChI is InChI=1S/C22H42O3/c1-2-3-4-5-6-7-8-9-10-11-12-13-14-15-16-17-18-19-20-21-22(23)25-24/h9-10,24H,2-8,11-21H2,1H3. The summed E-state index contributed by atoms with van der Waals surface area (Å²) in [5.74, 6) is -0.513. The molecule has 0 aliphatic heterocycles. The Labute approximate surface area is 156 Å². The van der Waals surface area contributed by atoms with Gasteiger partial charge in [-0.15, -0.1) is 0 Å². The molecule has 0 atom stereocenters. The fourth-order valence-electron chi connectivity index (χ4n) is 3.09. The second-order valence-corrected chi connectivity index (χ2v) is 7.21. The van der Waals surface area contributed by atoms with Gasteiger partial charge in [0.2, 0.25) is 0 Å². The van der Waals surface area contributed by atoms with Crippen LogP contribution in [0.1, 0.15) is 122 Å². The molecule has 0 aromatic carbocycles. The third-order valence-corrected chi connectivity index (χ3v) is 4.74. The SMILES string of the molecule is CCCCCCCCC=CCCCCCCCCCCCC(=O)OO. The largest absolute Gasteiger partial charge is 0.342 e. The smallest absolute Gasteiger partial charge is 0.301 e. The monoisotopic (exact) mass is 354 g/mol. The molecule has 0 spiro atoms. The third kappa shape index (κ3) is 21.1. The Hall–Kier alpha value is -0.830. The quantitative estimate of drug-likeness (QED) is 0.112. The van der Waals surface area contributed by atoms with Gasteiger partial charge in [0.15, 0.2) is 0 Å². The van der Waals surface area contributed by atoms with E-state index in [4.69, 9.17) is 5.26 Å². The van der Waals surface area contributed by atoms with Crippen molar-refractivity contribution in [1.29, 1.82) is 0 Å².